The molecule has 3 rings (SSSR count). The molecule has 2 aromatic carbocycles. The van der Waals surface area contributed by atoms with E-state index in [9.17, 15) is 24.9 Å². The fraction of sp³-hybridized carbons (Fsp3) is 0.321. The van der Waals surface area contributed by atoms with Crippen LogP contribution in [0.15, 0.2) is 43.4 Å². The van der Waals surface area contributed by atoms with Crippen LogP contribution < -0.4 is 5.32 Å². The zero-order chi connectivity index (χ0) is 26.4. The van der Waals surface area contributed by atoms with Gasteiger partial charge < -0.3 is 25.6 Å². The summed E-state index contributed by atoms with van der Waals surface area (Å²) in [4.78, 5) is 32.2. The fourth-order valence-electron chi connectivity index (χ4n) is 4.27. The molecule has 1 amide bonds. The smallest absolute Gasteiger partial charge is 0.326 e. The Labute approximate surface area is 210 Å². The van der Waals surface area contributed by atoms with Gasteiger partial charge in [0.25, 0.3) is 5.91 Å². The van der Waals surface area contributed by atoms with Gasteiger partial charge in [0.1, 0.15) is 17.5 Å². The number of hydrogen-bond donors (Lipinski definition) is 5. The van der Waals surface area contributed by atoms with E-state index < -0.39 is 23.7 Å². The number of hydrogen-bond acceptors (Lipinski definition) is 5. The van der Waals surface area contributed by atoms with E-state index in [1.165, 1.54) is 12.4 Å². The number of aromatic nitrogens is 2. The molecular weight excluding hydrogens is 458 g/mol. The first kappa shape index (κ1) is 26.5. The Morgan fingerprint density at radius 3 is 2.56 bits per heavy atom. The highest BCUT2D eigenvalue weighted by molar-refractivity contribution is 6.04. The van der Waals surface area contributed by atoms with Crippen molar-refractivity contribution < 1.29 is 24.9 Å². The number of aromatic hydroxyl groups is 2. The summed E-state index contributed by atoms with van der Waals surface area (Å²) in [5, 5.41) is 34.7. The van der Waals surface area contributed by atoms with Crippen molar-refractivity contribution in [2.24, 2.45) is 0 Å². The SMILES string of the molecule is C=C(C)c1ccc(C)cc1-c1c(O)cc(CCCCC)c(C(=O)NC(Cc2c[nH]cn2)C(=O)O)c1O. The van der Waals surface area contributed by atoms with Crippen molar-refractivity contribution in [1.29, 1.82) is 0 Å². The van der Waals surface area contributed by atoms with Crippen molar-refractivity contribution in [3.8, 4) is 22.6 Å². The van der Waals surface area contributed by atoms with Crippen LogP contribution in [-0.4, -0.2) is 43.2 Å². The van der Waals surface area contributed by atoms with E-state index in [1.807, 2.05) is 32.0 Å². The number of aryl methyl sites for hydroxylation is 2. The van der Waals surface area contributed by atoms with E-state index in [1.54, 1.807) is 6.20 Å². The van der Waals surface area contributed by atoms with Crippen LogP contribution in [0.25, 0.3) is 16.7 Å². The van der Waals surface area contributed by atoms with Gasteiger partial charge in [0, 0.05) is 12.6 Å². The molecule has 8 heteroatoms. The molecule has 8 nitrogen and oxygen atoms in total. The molecular formula is C28H33N3O5. The second kappa shape index (κ2) is 11.6. The number of unbranched alkanes of at least 4 members (excludes halogenated alkanes) is 2. The van der Waals surface area contributed by atoms with Gasteiger partial charge >= 0.3 is 5.97 Å². The van der Waals surface area contributed by atoms with Gasteiger partial charge in [0.15, 0.2) is 0 Å². The summed E-state index contributed by atoms with van der Waals surface area (Å²) >= 11 is 0. The molecule has 3 aromatic rings. The topological polar surface area (TPSA) is 136 Å². The number of benzene rings is 2. The Bertz CT molecular complexity index is 1260. The summed E-state index contributed by atoms with van der Waals surface area (Å²) in [5.41, 5.74) is 3.89. The zero-order valence-corrected chi connectivity index (χ0v) is 20.9. The van der Waals surface area contributed by atoms with Gasteiger partial charge in [-0.15, -0.1) is 0 Å². The van der Waals surface area contributed by atoms with Crippen molar-refractivity contribution >= 4 is 17.4 Å². The van der Waals surface area contributed by atoms with E-state index in [0.717, 1.165) is 36.0 Å². The van der Waals surface area contributed by atoms with Crippen molar-refractivity contribution in [1.82, 2.24) is 15.3 Å². The molecule has 1 aromatic heterocycles. The Morgan fingerprint density at radius 2 is 1.94 bits per heavy atom. The average Bonchev–Trinajstić information content (AvgIpc) is 3.31. The van der Waals surface area contributed by atoms with Crippen LogP contribution in [0.3, 0.4) is 0 Å². The van der Waals surface area contributed by atoms with Crippen LogP contribution in [0, 0.1) is 6.92 Å². The highest BCUT2D eigenvalue weighted by Crippen LogP contribution is 2.44. The molecule has 0 fully saturated rings. The molecule has 190 valence electrons. The number of carbonyl (C=O) groups excluding carboxylic acids is 1. The fourth-order valence-corrected chi connectivity index (χ4v) is 4.27. The van der Waals surface area contributed by atoms with Crippen LogP contribution in [0.4, 0.5) is 0 Å². The van der Waals surface area contributed by atoms with Gasteiger partial charge in [-0.1, -0.05) is 55.7 Å². The first-order chi connectivity index (χ1) is 17.1. The van der Waals surface area contributed by atoms with E-state index in [2.05, 4.69) is 28.8 Å². The van der Waals surface area contributed by atoms with E-state index in [0.29, 0.717) is 23.2 Å². The number of carboxylic acid groups (broad SMARTS) is 1. The van der Waals surface area contributed by atoms with E-state index >= 15 is 0 Å². The number of aliphatic carboxylic acids is 1. The number of rotatable bonds is 11. The summed E-state index contributed by atoms with van der Waals surface area (Å²) in [6, 6.07) is 5.81. The third-order valence-electron chi connectivity index (χ3n) is 6.11. The maximum absolute atomic E-state index is 13.5. The number of carboxylic acids is 1. The van der Waals surface area contributed by atoms with Gasteiger partial charge in [-0.25, -0.2) is 9.78 Å². The highest BCUT2D eigenvalue weighted by atomic mass is 16.4. The lowest BCUT2D eigenvalue weighted by atomic mass is 9.88. The largest absolute Gasteiger partial charge is 0.507 e. The Hall–Kier alpha value is -4.07. The zero-order valence-electron chi connectivity index (χ0n) is 20.9. The minimum atomic E-state index is -1.26. The second-order valence-corrected chi connectivity index (χ2v) is 9.07. The average molecular weight is 492 g/mol. The highest BCUT2D eigenvalue weighted by Gasteiger charge is 2.28. The number of nitrogens with one attached hydrogen (secondary N) is 2. The maximum Gasteiger partial charge on any atom is 0.326 e. The first-order valence-corrected chi connectivity index (χ1v) is 12.0. The standard InChI is InChI=1S/C28H33N3O5/c1-5-6-7-8-18-12-23(32)25(21-11-17(4)9-10-20(21)16(2)3)26(33)24(18)27(34)31-22(28(35)36)13-19-14-29-15-30-19/h9-12,14-15,22,32-33H,2,5-8,13H2,1,3-4H3,(H,29,30)(H,31,34)(H,35,36). The quantitative estimate of drug-likeness (QED) is 0.240. The van der Waals surface area contributed by atoms with Gasteiger partial charge in [0.2, 0.25) is 0 Å². The molecule has 0 spiro atoms. The molecule has 1 atom stereocenters. The van der Waals surface area contributed by atoms with Crippen LogP contribution in [-0.2, 0) is 17.6 Å². The second-order valence-electron chi connectivity index (χ2n) is 9.07. The van der Waals surface area contributed by atoms with Crippen molar-refractivity contribution in [2.75, 3.05) is 0 Å². The number of phenols is 2. The van der Waals surface area contributed by atoms with Crippen LogP contribution in [0.1, 0.15) is 65.9 Å². The summed E-state index contributed by atoms with van der Waals surface area (Å²) in [7, 11) is 0. The molecule has 0 radical (unpaired) electrons. The molecule has 0 aliphatic carbocycles. The number of phenolic OH excluding ortho intramolecular Hbond substituents is 2. The summed E-state index contributed by atoms with van der Waals surface area (Å²) in [6.45, 7) is 9.76. The van der Waals surface area contributed by atoms with E-state index in [4.69, 9.17) is 0 Å². The summed E-state index contributed by atoms with van der Waals surface area (Å²) < 4.78 is 0. The van der Waals surface area contributed by atoms with Crippen molar-refractivity contribution in [2.45, 2.75) is 58.9 Å². The van der Waals surface area contributed by atoms with Gasteiger partial charge in [-0.05, 0) is 49.4 Å². The monoisotopic (exact) mass is 491 g/mol. The maximum atomic E-state index is 13.5. The van der Waals surface area contributed by atoms with Crippen LogP contribution in [0.5, 0.6) is 11.5 Å². The molecule has 0 saturated heterocycles. The third-order valence-corrected chi connectivity index (χ3v) is 6.11. The number of imidazole rings is 1. The molecule has 0 bridgehead atoms. The Balaban J connectivity index is 2.13. The molecule has 1 heterocycles. The predicted octanol–water partition coefficient (Wildman–Crippen LogP) is 4.99. The van der Waals surface area contributed by atoms with Crippen molar-refractivity contribution in [3.63, 3.8) is 0 Å². The number of carbonyl (C=O) groups is 2. The van der Waals surface area contributed by atoms with Crippen molar-refractivity contribution in [3.05, 3.63) is 71.3 Å². The molecule has 36 heavy (non-hydrogen) atoms. The third kappa shape index (κ3) is 5.94. The van der Waals surface area contributed by atoms with Crippen LogP contribution >= 0.6 is 0 Å². The molecule has 0 aliphatic rings. The van der Waals surface area contributed by atoms with E-state index in [-0.39, 0.29) is 23.3 Å². The Kier molecular flexibility index (Phi) is 8.53. The van der Waals surface area contributed by atoms with Gasteiger partial charge in [-0.2, -0.15) is 0 Å². The lowest BCUT2D eigenvalue weighted by Crippen LogP contribution is -2.42. The minimum Gasteiger partial charge on any atom is -0.507 e. The minimum absolute atomic E-state index is 0.0286. The number of aromatic amines is 1. The van der Waals surface area contributed by atoms with Gasteiger partial charge in [0.05, 0.1) is 23.1 Å². The molecule has 0 saturated carbocycles. The van der Waals surface area contributed by atoms with Gasteiger partial charge in [-0.3, -0.25) is 4.79 Å². The predicted molar refractivity (Wildman–Crippen MR) is 139 cm³/mol. The van der Waals surface area contributed by atoms with Crippen LogP contribution in [0.2, 0.25) is 0 Å². The lowest BCUT2D eigenvalue weighted by molar-refractivity contribution is -0.139. The lowest BCUT2D eigenvalue weighted by Gasteiger charge is -2.20. The summed E-state index contributed by atoms with van der Waals surface area (Å²) in [6.07, 6.45) is 6.00. The number of amides is 1. The first-order valence-electron chi connectivity index (χ1n) is 12.0. The molecule has 5 N–H and O–H groups in total. The molecule has 1 unspecified atom stereocenters. The Morgan fingerprint density at radius 1 is 1.19 bits per heavy atom. The molecule has 0 aliphatic heterocycles. The number of nitrogens with zero attached hydrogens (tertiary/aromatic N) is 1. The number of H-pyrrole nitrogens is 1. The summed E-state index contributed by atoms with van der Waals surface area (Å²) in [5.74, 6) is -2.50. The normalized spacial score (nSPS) is 11.8. The number of allylic oxidation sites excluding steroid dienone is 1.